The SMILES string of the molecule is CC(F)(F)c1cc(CO)cc(C(C)(F)F)c1. The van der Waals surface area contributed by atoms with Crippen LogP contribution in [0.1, 0.15) is 30.5 Å². The lowest BCUT2D eigenvalue weighted by atomic mass is 9.99. The van der Waals surface area contributed by atoms with Crippen molar-refractivity contribution in [1.82, 2.24) is 0 Å². The number of hydrogen-bond acceptors (Lipinski definition) is 1. The minimum absolute atomic E-state index is 0.0514. The second-order valence-electron chi connectivity index (χ2n) is 3.85. The molecule has 16 heavy (non-hydrogen) atoms. The lowest BCUT2D eigenvalue weighted by Gasteiger charge is -2.17. The van der Waals surface area contributed by atoms with Crippen LogP contribution in [0.15, 0.2) is 18.2 Å². The summed E-state index contributed by atoms with van der Waals surface area (Å²) < 4.78 is 52.1. The summed E-state index contributed by atoms with van der Waals surface area (Å²) in [5, 5.41) is 8.83. The molecular weight excluding hydrogens is 224 g/mol. The molecule has 0 radical (unpaired) electrons. The van der Waals surface area contributed by atoms with E-state index in [2.05, 4.69) is 0 Å². The zero-order chi connectivity index (χ0) is 12.6. The fraction of sp³-hybridized carbons (Fsp3) is 0.455. The van der Waals surface area contributed by atoms with Crippen molar-refractivity contribution in [3.63, 3.8) is 0 Å². The van der Waals surface area contributed by atoms with E-state index in [1.807, 2.05) is 0 Å². The molecule has 0 saturated heterocycles. The van der Waals surface area contributed by atoms with Crippen LogP contribution in [-0.4, -0.2) is 5.11 Å². The molecule has 1 aromatic carbocycles. The molecular formula is C11H12F4O. The van der Waals surface area contributed by atoms with Crippen molar-refractivity contribution in [2.75, 3.05) is 0 Å². The summed E-state index contributed by atoms with van der Waals surface area (Å²) in [6.07, 6.45) is 0. The van der Waals surface area contributed by atoms with Crippen LogP contribution >= 0.6 is 0 Å². The molecule has 0 aliphatic carbocycles. The van der Waals surface area contributed by atoms with Crippen LogP contribution in [0, 0.1) is 0 Å². The van der Waals surface area contributed by atoms with Crippen LogP contribution in [0.5, 0.6) is 0 Å². The van der Waals surface area contributed by atoms with E-state index < -0.39 is 29.6 Å². The number of hydrogen-bond donors (Lipinski definition) is 1. The maximum atomic E-state index is 13.0. The zero-order valence-electron chi connectivity index (χ0n) is 8.90. The second kappa shape index (κ2) is 4.05. The summed E-state index contributed by atoms with van der Waals surface area (Å²) in [5.41, 5.74) is -0.985. The van der Waals surface area contributed by atoms with Gasteiger partial charge in [0.1, 0.15) is 0 Å². The molecule has 0 fully saturated rings. The summed E-state index contributed by atoms with van der Waals surface area (Å²) in [4.78, 5) is 0. The number of alkyl halides is 4. The molecule has 1 aromatic rings. The predicted molar refractivity (Wildman–Crippen MR) is 51.5 cm³/mol. The van der Waals surface area contributed by atoms with Gasteiger partial charge in [-0.15, -0.1) is 0 Å². The fourth-order valence-corrected chi connectivity index (χ4v) is 1.29. The number of aliphatic hydroxyl groups is 1. The van der Waals surface area contributed by atoms with Crippen molar-refractivity contribution in [3.8, 4) is 0 Å². The summed E-state index contributed by atoms with van der Waals surface area (Å²) >= 11 is 0. The second-order valence-corrected chi connectivity index (χ2v) is 3.85. The quantitative estimate of drug-likeness (QED) is 0.797. The Kier molecular flexibility index (Phi) is 3.28. The number of rotatable bonds is 3. The van der Waals surface area contributed by atoms with E-state index in [-0.39, 0.29) is 5.56 Å². The van der Waals surface area contributed by atoms with E-state index in [9.17, 15) is 17.6 Å². The highest BCUT2D eigenvalue weighted by molar-refractivity contribution is 5.34. The Bertz CT molecular complexity index is 344. The van der Waals surface area contributed by atoms with Crippen molar-refractivity contribution >= 4 is 0 Å². The molecule has 0 aliphatic heterocycles. The molecule has 0 aromatic heterocycles. The first kappa shape index (κ1) is 13.0. The van der Waals surface area contributed by atoms with Crippen LogP contribution in [0.4, 0.5) is 17.6 Å². The van der Waals surface area contributed by atoms with Gasteiger partial charge in [-0.1, -0.05) is 0 Å². The maximum absolute atomic E-state index is 13.0. The molecule has 5 heteroatoms. The molecule has 0 atom stereocenters. The predicted octanol–water partition coefficient (Wildman–Crippen LogP) is 3.40. The average Bonchev–Trinajstić information content (AvgIpc) is 2.14. The monoisotopic (exact) mass is 236 g/mol. The van der Waals surface area contributed by atoms with Crippen molar-refractivity contribution in [2.24, 2.45) is 0 Å². The summed E-state index contributed by atoms with van der Waals surface area (Å²) in [6, 6.07) is 2.81. The standard InChI is InChI=1S/C11H12F4O/c1-10(12,13)8-3-7(6-16)4-9(5-8)11(2,14)15/h3-5,16H,6H2,1-2H3. The normalized spacial score (nSPS) is 12.9. The first-order chi connectivity index (χ1) is 7.14. The van der Waals surface area contributed by atoms with Gasteiger partial charge in [0.05, 0.1) is 6.61 Å². The van der Waals surface area contributed by atoms with Crippen molar-refractivity contribution in [1.29, 1.82) is 0 Å². The molecule has 90 valence electrons. The highest BCUT2D eigenvalue weighted by Crippen LogP contribution is 2.34. The van der Waals surface area contributed by atoms with Gasteiger partial charge in [-0.05, 0) is 23.8 Å². The summed E-state index contributed by atoms with van der Waals surface area (Å²) in [5.74, 6) is -6.41. The van der Waals surface area contributed by atoms with Gasteiger partial charge in [-0.3, -0.25) is 0 Å². The van der Waals surface area contributed by atoms with Gasteiger partial charge in [-0.25, -0.2) is 17.6 Å². The van der Waals surface area contributed by atoms with Crippen LogP contribution < -0.4 is 0 Å². The minimum atomic E-state index is -3.20. The highest BCUT2D eigenvalue weighted by atomic mass is 19.3. The Balaban J connectivity index is 3.33. The first-order valence-electron chi connectivity index (χ1n) is 4.66. The van der Waals surface area contributed by atoms with Crippen molar-refractivity contribution in [3.05, 3.63) is 34.9 Å². The third-order valence-corrected chi connectivity index (χ3v) is 2.19. The van der Waals surface area contributed by atoms with Crippen LogP contribution in [0.3, 0.4) is 0 Å². The Hall–Kier alpha value is -1.10. The molecule has 1 rings (SSSR count). The van der Waals surface area contributed by atoms with E-state index in [4.69, 9.17) is 5.11 Å². The van der Waals surface area contributed by atoms with E-state index in [0.717, 1.165) is 18.2 Å². The van der Waals surface area contributed by atoms with Gasteiger partial charge in [0.15, 0.2) is 0 Å². The van der Waals surface area contributed by atoms with E-state index in [1.54, 1.807) is 0 Å². The third kappa shape index (κ3) is 2.95. The van der Waals surface area contributed by atoms with Crippen LogP contribution in [-0.2, 0) is 18.5 Å². The van der Waals surface area contributed by atoms with Gasteiger partial charge in [0.2, 0.25) is 0 Å². The number of halogens is 4. The lowest BCUT2D eigenvalue weighted by molar-refractivity contribution is 0.0103. The van der Waals surface area contributed by atoms with E-state index >= 15 is 0 Å². The van der Waals surface area contributed by atoms with Gasteiger partial charge in [0.25, 0.3) is 11.8 Å². The Morgan fingerprint density at radius 3 is 1.56 bits per heavy atom. The molecule has 0 amide bonds. The summed E-state index contributed by atoms with van der Waals surface area (Å²) in [6.45, 7) is 0.704. The highest BCUT2D eigenvalue weighted by Gasteiger charge is 2.30. The number of benzene rings is 1. The fourth-order valence-electron chi connectivity index (χ4n) is 1.29. The zero-order valence-corrected chi connectivity index (χ0v) is 8.90. The molecule has 0 spiro atoms. The van der Waals surface area contributed by atoms with Crippen LogP contribution in [0.2, 0.25) is 0 Å². The average molecular weight is 236 g/mol. The van der Waals surface area contributed by atoms with E-state index in [1.165, 1.54) is 0 Å². The van der Waals surface area contributed by atoms with Gasteiger partial charge in [-0.2, -0.15) is 0 Å². The minimum Gasteiger partial charge on any atom is -0.392 e. The number of aliphatic hydroxyl groups excluding tert-OH is 1. The molecule has 0 heterocycles. The smallest absolute Gasteiger partial charge is 0.270 e. The van der Waals surface area contributed by atoms with Crippen LogP contribution in [0.25, 0.3) is 0 Å². The Labute approximate surface area is 90.7 Å². The summed E-state index contributed by atoms with van der Waals surface area (Å²) in [7, 11) is 0. The van der Waals surface area contributed by atoms with Gasteiger partial charge < -0.3 is 5.11 Å². The van der Waals surface area contributed by atoms with Gasteiger partial charge in [0, 0.05) is 25.0 Å². The lowest BCUT2D eigenvalue weighted by Crippen LogP contribution is -2.13. The topological polar surface area (TPSA) is 20.2 Å². The van der Waals surface area contributed by atoms with Gasteiger partial charge >= 0.3 is 0 Å². The Morgan fingerprint density at radius 1 is 0.938 bits per heavy atom. The first-order valence-corrected chi connectivity index (χ1v) is 4.66. The molecule has 0 bridgehead atoms. The molecule has 0 saturated carbocycles. The molecule has 1 N–H and O–H groups in total. The maximum Gasteiger partial charge on any atom is 0.270 e. The Morgan fingerprint density at radius 2 is 1.31 bits per heavy atom. The molecule has 0 unspecified atom stereocenters. The van der Waals surface area contributed by atoms with Crippen molar-refractivity contribution < 1.29 is 22.7 Å². The molecule has 1 nitrogen and oxygen atoms in total. The van der Waals surface area contributed by atoms with Crippen molar-refractivity contribution in [2.45, 2.75) is 32.3 Å². The molecule has 0 aliphatic rings. The van der Waals surface area contributed by atoms with E-state index in [0.29, 0.717) is 13.8 Å². The largest absolute Gasteiger partial charge is 0.392 e. The third-order valence-electron chi connectivity index (χ3n) is 2.19.